The van der Waals surface area contributed by atoms with Gasteiger partial charge in [-0.2, -0.15) is 5.10 Å². The van der Waals surface area contributed by atoms with Gasteiger partial charge in [-0.05, 0) is 75.4 Å². The number of aryl methyl sites for hydroxylation is 3. The molecule has 3 amide bonds. The monoisotopic (exact) mass is 1010 g/mol. The van der Waals surface area contributed by atoms with Crippen LogP contribution in [0.3, 0.4) is 0 Å². The summed E-state index contributed by atoms with van der Waals surface area (Å²) in [5, 5.41) is 32.3. The third-order valence-electron chi connectivity index (χ3n) is 14.0. The summed E-state index contributed by atoms with van der Waals surface area (Å²) in [6, 6.07) is 16.4. The van der Waals surface area contributed by atoms with Crippen molar-refractivity contribution < 1.29 is 28.6 Å². The molecule has 3 aliphatic rings. The molecule has 10 rings (SSSR count). The number of fused-ring (bicyclic) bond motifs is 3. The molecule has 17 nitrogen and oxygen atoms in total. The van der Waals surface area contributed by atoms with Crippen LogP contribution in [-0.2, 0) is 14.4 Å². The van der Waals surface area contributed by atoms with Gasteiger partial charge in [0.15, 0.2) is 18.0 Å². The number of aromatic nitrogens is 7. The molecule has 2 fully saturated rings. The normalized spacial score (nSPS) is 20.2. The molecule has 7 aromatic rings. The maximum Gasteiger partial charge on any atom is 0.248 e. The van der Waals surface area contributed by atoms with Gasteiger partial charge in [0.05, 0.1) is 36.2 Å². The van der Waals surface area contributed by atoms with Crippen molar-refractivity contribution in [3.63, 3.8) is 0 Å². The molecule has 1 aliphatic carbocycles. The number of amides is 3. The van der Waals surface area contributed by atoms with E-state index in [9.17, 15) is 19.5 Å². The Hall–Kier alpha value is -7.02. The number of rotatable bonds is 14. The van der Waals surface area contributed by atoms with E-state index >= 15 is 0 Å². The fourth-order valence-corrected chi connectivity index (χ4v) is 11.3. The molecule has 72 heavy (non-hydrogen) atoms. The van der Waals surface area contributed by atoms with Crippen molar-refractivity contribution in [3.05, 3.63) is 135 Å². The van der Waals surface area contributed by atoms with Gasteiger partial charge in [-0.3, -0.25) is 28.6 Å². The molecule has 0 radical (unpaired) electrons. The number of carbonyl (C=O) groups is 3. The highest BCUT2D eigenvalue weighted by Crippen LogP contribution is 2.40. The van der Waals surface area contributed by atoms with Gasteiger partial charge in [0.2, 0.25) is 23.6 Å². The summed E-state index contributed by atoms with van der Waals surface area (Å²) in [7, 11) is 0. The van der Waals surface area contributed by atoms with Crippen LogP contribution in [0.25, 0.3) is 27.5 Å². The molecule has 3 N–H and O–H groups in total. The maximum atomic E-state index is 14.4. The van der Waals surface area contributed by atoms with Gasteiger partial charge in [-0.1, -0.05) is 61.8 Å². The number of carbonyl (C=O) groups excluding carboxylic acids is 3. The van der Waals surface area contributed by atoms with E-state index < -0.39 is 24.2 Å². The molecule has 0 bridgehead atoms. The van der Waals surface area contributed by atoms with Crippen molar-refractivity contribution in [2.45, 2.75) is 117 Å². The summed E-state index contributed by atoms with van der Waals surface area (Å²) in [6.45, 7) is 13.8. The number of thiophene rings is 1. The van der Waals surface area contributed by atoms with Crippen LogP contribution in [0.5, 0.6) is 5.88 Å². The van der Waals surface area contributed by atoms with Gasteiger partial charge in [-0.25, -0.2) is 9.97 Å². The lowest BCUT2D eigenvalue weighted by Gasteiger charge is -2.35. The van der Waals surface area contributed by atoms with E-state index in [1.165, 1.54) is 16.2 Å². The molecule has 7 heterocycles. The highest BCUT2D eigenvalue weighted by molar-refractivity contribution is 7.15. The minimum Gasteiger partial charge on any atom is -0.474 e. The van der Waals surface area contributed by atoms with Crippen molar-refractivity contribution in [2.75, 3.05) is 6.54 Å². The first kappa shape index (κ1) is 48.6. The Kier molecular flexibility index (Phi) is 13.4. The minimum atomic E-state index is -0.859. The van der Waals surface area contributed by atoms with E-state index in [0.717, 1.165) is 61.2 Å². The summed E-state index contributed by atoms with van der Waals surface area (Å²) in [5.41, 5.74) is 7.92. The fourth-order valence-electron chi connectivity index (χ4n) is 9.91. The first-order valence-corrected chi connectivity index (χ1v) is 25.4. The van der Waals surface area contributed by atoms with E-state index in [4.69, 9.17) is 25.7 Å². The zero-order valence-electron chi connectivity index (χ0n) is 41.0. The molecule has 19 heteroatoms. The third-order valence-corrected chi connectivity index (χ3v) is 15.4. The molecule has 2 aliphatic heterocycles. The Morgan fingerprint density at radius 3 is 2.40 bits per heavy atom. The Bertz CT molecular complexity index is 3190. The highest BCUT2D eigenvalue weighted by atomic mass is 35.5. The summed E-state index contributed by atoms with van der Waals surface area (Å²) >= 11 is 7.95. The zero-order valence-corrected chi connectivity index (χ0v) is 42.6. The van der Waals surface area contributed by atoms with E-state index in [2.05, 4.69) is 49.7 Å². The Balaban J connectivity index is 0.762. The number of nitrogens with zero attached hydrogens (tertiary/aromatic N) is 9. The highest BCUT2D eigenvalue weighted by Gasteiger charge is 2.43. The van der Waals surface area contributed by atoms with Crippen LogP contribution in [0.4, 0.5) is 0 Å². The maximum absolute atomic E-state index is 14.4. The number of benzene rings is 2. The van der Waals surface area contributed by atoms with Crippen LogP contribution >= 0.6 is 22.9 Å². The number of β-amino-alcohol motifs (C(OH)–C–C–N with tert-alkyl or cyclic N) is 1. The number of hydrogen-bond donors (Lipinski definition) is 3. The van der Waals surface area contributed by atoms with Crippen molar-refractivity contribution in [2.24, 2.45) is 10.9 Å². The molecule has 1 saturated carbocycles. The van der Waals surface area contributed by atoms with Crippen molar-refractivity contribution in [3.8, 4) is 33.3 Å². The van der Waals surface area contributed by atoms with E-state index in [-0.39, 0.29) is 61.2 Å². The standard InChI is InChI=1S/C53H56ClN11O6S/c1-27(2)48(52(69)63-25-40(66)21-43(63)51(68)58-29(4)33-8-10-35(11-9-33)49-30(5)56-26-70-49)64-24-37(23-57-64)36-16-17-55-45(18-36)71-41-19-39(20-41)59-44(67)22-42-50-62-61-32(7)65(50)53-46(28(3)31(6)72-53)47(60-42)34-12-14-38(54)15-13-34/h8-18,23-24,26-27,29,39-43,48,66H,19-22,25H2,1-7H3,(H,58,68)(H,59,67)/t29-,39-,40+,41+,42-,43-,48-/m0/s1. The summed E-state index contributed by atoms with van der Waals surface area (Å²) in [4.78, 5) is 58.5. The summed E-state index contributed by atoms with van der Waals surface area (Å²) < 4.78 is 15.5. The van der Waals surface area contributed by atoms with Crippen LogP contribution in [0.15, 0.2) is 95.1 Å². The lowest BCUT2D eigenvalue weighted by molar-refractivity contribution is -0.142. The lowest BCUT2D eigenvalue weighted by atomic mass is 9.89. The fraction of sp³-hybridized carbons (Fsp3) is 0.377. The molecule has 5 atom stereocenters. The molecule has 2 aromatic carbocycles. The number of likely N-dealkylation sites (tertiary alicyclic amines) is 1. The summed E-state index contributed by atoms with van der Waals surface area (Å²) in [5.74, 6) is 1.49. The zero-order chi connectivity index (χ0) is 50.5. The van der Waals surface area contributed by atoms with E-state index in [1.54, 1.807) is 28.4 Å². The number of ether oxygens (including phenoxy) is 1. The third kappa shape index (κ3) is 9.57. The van der Waals surface area contributed by atoms with Crippen LogP contribution < -0.4 is 15.4 Å². The number of halogens is 1. The van der Waals surface area contributed by atoms with Crippen LogP contribution in [0, 0.1) is 33.6 Å². The SMILES string of the molecule is Cc1ncoc1-c1ccc([C@H](C)NC(=O)[C@@H]2C[C@@H](O)CN2C(=O)[C@H](C(C)C)n2cc(-c3ccnc(O[C@H]4C[C@@H](NC(=O)C[C@@H]5N=C(c6ccc(Cl)cc6)c6c(sc(C)c6C)-n6c(C)nnc65)C4)c3)cn2)cc1. The minimum absolute atomic E-state index is 0.0331. The van der Waals surface area contributed by atoms with Gasteiger partial charge in [0.25, 0.3) is 0 Å². The van der Waals surface area contributed by atoms with Gasteiger partial charge < -0.3 is 29.8 Å². The molecule has 1 saturated heterocycles. The number of hydrogen-bond acceptors (Lipinski definition) is 13. The number of aliphatic hydroxyl groups is 1. The smallest absolute Gasteiger partial charge is 0.248 e. The largest absolute Gasteiger partial charge is 0.474 e. The first-order valence-electron chi connectivity index (χ1n) is 24.2. The average molecular weight is 1010 g/mol. The van der Waals surface area contributed by atoms with Gasteiger partial charge in [0, 0.05) is 82.5 Å². The molecule has 5 aromatic heterocycles. The second-order valence-electron chi connectivity index (χ2n) is 19.4. The predicted molar refractivity (Wildman–Crippen MR) is 272 cm³/mol. The number of oxazole rings is 1. The quantitative estimate of drug-likeness (QED) is 0.0947. The molecular weight excluding hydrogens is 954 g/mol. The Labute approximate surface area is 425 Å². The summed E-state index contributed by atoms with van der Waals surface area (Å²) in [6.07, 6.45) is 6.98. The number of aliphatic hydroxyl groups excluding tert-OH is 1. The van der Waals surface area contributed by atoms with Crippen molar-refractivity contribution >= 4 is 46.4 Å². The van der Waals surface area contributed by atoms with Gasteiger partial charge >= 0.3 is 0 Å². The number of nitrogens with one attached hydrogen (secondary N) is 2. The van der Waals surface area contributed by atoms with E-state index in [1.807, 2.05) is 106 Å². The van der Waals surface area contributed by atoms with Crippen LogP contribution in [0.2, 0.25) is 5.02 Å². The second kappa shape index (κ2) is 19.9. The molecule has 372 valence electrons. The van der Waals surface area contributed by atoms with Gasteiger partial charge in [-0.15, -0.1) is 21.5 Å². The second-order valence-corrected chi connectivity index (χ2v) is 21.0. The average Bonchev–Trinajstić information content (AvgIpc) is 4.19. The molecule has 0 unspecified atom stereocenters. The number of aliphatic imine (C=N–C) groups is 1. The Morgan fingerprint density at radius 2 is 1.68 bits per heavy atom. The lowest BCUT2D eigenvalue weighted by Crippen LogP contribution is -2.49. The van der Waals surface area contributed by atoms with Crippen LogP contribution in [-0.4, -0.2) is 98.8 Å². The topological polar surface area (TPSA) is 208 Å². The van der Waals surface area contributed by atoms with E-state index in [0.29, 0.717) is 35.3 Å². The molecular formula is C53H56ClN11O6S. The first-order chi connectivity index (χ1) is 34.6. The van der Waals surface area contributed by atoms with Crippen molar-refractivity contribution in [1.29, 1.82) is 0 Å². The van der Waals surface area contributed by atoms with Crippen molar-refractivity contribution in [1.82, 2.24) is 50.0 Å². The van der Waals surface area contributed by atoms with Crippen LogP contribution in [0.1, 0.15) is 109 Å². The Morgan fingerprint density at radius 1 is 0.931 bits per heavy atom. The number of pyridine rings is 1. The van der Waals surface area contributed by atoms with Gasteiger partial charge in [0.1, 0.15) is 35.1 Å². The predicted octanol–water partition coefficient (Wildman–Crippen LogP) is 8.17. The molecule has 0 spiro atoms.